The van der Waals surface area contributed by atoms with Crippen LogP contribution in [0, 0.1) is 24.4 Å². The lowest BCUT2D eigenvalue weighted by atomic mass is 9.95. The summed E-state index contributed by atoms with van der Waals surface area (Å²) in [5.41, 5.74) is 5.37. The quantitative estimate of drug-likeness (QED) is 0.385. The molecule has 35 heavy (non-hydrogen) atoms. The number of imidazole rings is 1. The molecular weight excluding hydrogens is 455 g/mol. The highest BCUT2D eigenvalue weighted by atomic mass is 19.2. The number of carbonyl (C=O) groups excluding carboxylic acids is 1. The number of pyridine rings is 1. The van der Waals surface area contributed by atoms with Crippen LogP contribution in [-0.4, -0.2) is 36.5 Å². The maximum atomic E-state index is 13.9. The molecule has 0 radical (unpaired) electrons. The summed E-state index contributed by atoms with van der Waals surface area (Å²) in [4.78, 5) is 20.2. The summed E-state index contributed by atoms with van der Waals surface area (Å²) in [5.74, 6) is -3.57. The van der Waals surface area contributed by atoms with Crippen LogP contribution < -0.4 is 0 Å². The molecule has 6 rings (SSSR count). The summed E-state index contributed by atoms with van der Waals surface area (Å²) in [7, 11) is 1.68. The van der Waals surface area contributed by atoms with E-state index in [2.05, 4.69) is 16.1 Å². The van der Waals surface area contributed by atoms with Crippen molar-refractivity contribution >= 4 is 11.6 Å². The molecule has 0 N–H and O–H groups in total. The highest BCUT2D eigenvalue weighted by Crippen LogP contribution is 2.40. The van der Waals surface area contributed by atoms with Crippen LogP contribution in [0.4, 0.5) is 13.2 Å². The standard InChI is InChI=1S/C26H24F3N5O/c1-13-24(34-12-16(15-4-5-15)6-7-21(34)30-13)26(35)33-9-8-18-23(14(33)2)31-32(3)25(18)17-10-19(27)22(29)20(28)11-17/h6-7,10-12,14-15H,4-5,8-9H2,1-3H3/t14-/m0/s1. The van der Waals surface area contributed by atoms with Crippen molar-refractivity contribution in [3.63, 3.8) is 0 Å². The highest BCUT2D eigenvalue weighted by Gasteiger charge is 2.35. The Balaban J connectivity index is 1.38. The Bertz CT molecular complexity index is 1490. The van der Waals surface area contributed by atoms with Crippen LogP contribution in [0.5, 0.6) is 0 Å². The molecule has 0 unspecified atom stereocenters. The summed E-state index contributed by atoms with van der Waals surface area (Å²) in [6, 6.07) is 5.65. The van der Waals surface area contributed by atoms with Crippen LogP contribution in [0.15, 0.2) is 30.5 Å². The van der Waals surface area contributed by atoms with Gasteiger partial charge in [0.05, 0.1) is 23.1 Å². The van der Waals surface area contributed by atoms with Crippen LogP contribution in [0.2, 0.25) is 0 Å². The monoisotopic (exact) mass is 479 g/mol. The predicted molar refractivity (Wildman–Crippen MR) is 124 cm³/mol. The summed E-state index contributed by atoms with van der Waals surface area (Å²) in [6.45, 7) is 4.15. The number of rotatable bonds is 3. The first kappa shape index (κ1) is 21.9. The molecule has 1 saturated carbocycles. The van der Waals surface area contributed by atoms with Crippen molar-refractivity contribution in [1.29, 1.82) is 0 Å². The van der Waals surface area contributed by atoms with E-state index in [0.29, 0.717) is 41.7 Å². The van der Waals surface area contributed by atoms with Gasteiger partial charge < -0.3 is 4.90 Å². The van der Waals surface area contributed by atoms with Gasteiger partial charge in [-0.1, -0.05) is 6.07 Å². The van der Waals surface area contributed by atoms with Crippen molar-refractivity contribution < 1.29 is 18.0 Å². The number of benzene rings is 1. The van der Waals surface area contributed by atoms with Gasteiger partial charge in [-0.2, -0.15) is 5.10 Å². The van der Waals surface area contributed by atoms with Crippen molar-refractivity contribution in [2.75, 3.05) is 6.54 Å². The maximum Gasteiger partial charge on any atom is 0.273 e. The van der Waals surface area contributed by atoms with E-state index in [1.54, 1.807) is 16.6 Å². The van der Waals surface area contributed by atoms with Gasteiger partial charge in [-0.3, -0.25) is 13.9 Å². The lowest BCUT2D eigenvalue weighted by molar-refractivity contribution is 0.0665. The molecule has 0 spiro atoms. The van der Waals surface area contributed by atoms with Gasteiger partial charge in [0.2, 0.25) is 0 Å². The Morgan fingerprint density at radius 3 is 2.51 bits per heavy atom. The fourth-order valence-electron chi connectivity index (χ4n) is 5.31. The van der Waals surface area contributed by atoms with Crippen LogP contribution >= 0.6 is 0 Å². The van der Waals surface area contributed by atoms with E-state index in [-0.39, 0.29) is 17.5 Å². The van der Waals surface area contributed by atoms with Gasteiger partial charge in [0.1, 0.15) is 11.3 Å². The minimum atomic E-state index is -1.50. The number of carbonyl (C=O) groups is 1. The van der Waals surface area contributed by atoms with Gasteiger partial charge in [-0.25, -0.2) is 18.2 Å². The van der Waals surface area contributed by atoms with Crippen LogP contribution in [0.1, 0.15) is 64.7 Å². The van der Waals surface area contributed by atoms with E-state index >= 15 is 0 Å². The second-order valence-corrected chi connectivity index (χ2v) is 9.53. The number of halogens is 3. The van der Waals surface area contributed by atoms with E-state index in [1.165, 1.54) is 5.56 Å². The zero-order valence-corrected chi connectivity index (χ0v) is 19.6. The average molecular weight is 480 g/mol. The first-order chi connectivity index (χ1) is 16.7. The number of hydrogen-bond donors (Lipinski definition) is 0. The van der Waals surface area contributed by atoms with Crippen molar-refractivity contribution in [3.8, 4) is 11.3 Å². The Labute approximate surface area is 200 Å². The molecule has 1 aliphatic carbocycles. The average Bonchev–Trinajstić information content (AvgIpc) is 3.53. The Morgan fingerprint density at radius 1 is 1.11 bits per heavy atom. The SMILES string of the molecule is Cc1nc2ccc(C3CC3)cn2c1C(=O)N1CCc2c(nn(C)c2-c2cc(F)c(F)c(F)c2)[C@@H]1C. The maximum absolute atomic E-state index is 13.9. The molecule has 6 nitrogen and oxygen atoms in total. The third-order valence-electron chi connectivity index (χ3n) is 7.23. The fraction of sp³-hybridized carbons (Fsp3) is 0.346. The van der Waals surface area contributed by atoms with E-state index < -0.39 is 17.5 Å². The molecule has 3 aromatic heterocycles. The highest BCUT2D eigenvalue weighted by molar-refractivity contribution is 5.95. The molecule has 4 heterocycles. The third kappa shape index (κ3) is 3.36. The van der Waals surface area contributed by atoms with Crippen molar-refractivity contribution in [3.05, 3.63) is 76.1 Å². The third-order valence-corrected chi connectivity index (χ3v) is 7.23. The molecule has 0 saturated heterocycles. The minimum absolute atomic E-state index is 0.132. The molecule has 180 valence electrons. The lowest BCUT2D eigenvalue weighted by Gasteiger charge is -2.33. The van der Waals surface area contributed by atoms with Gasteiger partial charge in [0.25, 0.3) is 5.91 Å². The molecule has 1 atom stereocenters. The summed E-state index contributed by atoms with van der Waals surface area (Å²) >= 11 is 0. The Morgan fingerprint density at radius 2 is 1.83 bits per heavy atom. The predicted octanol–water partition coefficient (Wildman–Crippen LogP) is 5.10. The largest absolute Gasteiger partial charge is 0.329 e. The summed E-state index contributed by atoms with van der Waals surface area (Å²) in [5, 5.41) is 4.60. The van der Waals surface area contributed by atoms with E-state index in [4.69, 9.17) is 0 Å². The minimum Gasteiger partial charge on any atom is -0.329 e. The van der Waals surface area contributed by atoms with Gasteiger partial charge in [-0.05, 0) is 62.8 Å². The van der Waals surface area contributed by atoms with Gasteiger partial charge in [0, 0.05) is 30.9 Å². The van der Waals surface area contributed by atoms with Crippen LogP contribution in [-0.2, 0) is 13.5 Å². The topological polar surface area (TPSA) is 55.4 Å². The normalized spacial score (nSPS) is 17.8. The van der Waals surface area contributed by atoms with E-state index in [0.717, 1.165) is 36.2 Å². The Kier molecular flexibility index (Phi) is 4.81. The van der Waals surface area contributed by atoms with Crippen LogP contribution in [0.3, 0.4) is 0 Å². The molecule has 0 bridgehead atoms. The zero-order chi connectivity index (χ0) is 24.6. The molecule has 9 heteroatoms. The van der Waals surface area contributed by atoms with Crippen molar-refractivity contribution in [2.45, 2.75) is 45.1 Å². The number of amides is 1. The number of fused-ring (bicyclic) bond motifs is 2. The molecule has 4 aromatic rings. The molecule has 1 amide bonds. The number of aromatic nitrogens is 4. The van der Waals surface area contributed by atoms with Gasteiger partial charge >= 0.3 is 0 Å². The number of aryl methyl sites for hydroxylation is 2. The van der Waals surface area contributed by atoms with E-state index in [1.807, 2.05) is 30.5 Å². The molecule has 2 aliphatic rings. The lowest BCUT2D eigenvalue weighted by Crippen LogP contribution is -2.39. The molecular formula is C26H24F3N5O. The first-order valence-corrected chi connectivity index (χ1v) is 11.7. The summed E-state index contributed by atoms with van der Waals surface area (Å²) < 4.78 is 44.8. The van der Waals surface area contributed by atoms with E-state index in [9.17, 15) is 18.0 Å². The Hall–Kier alpha value is -3.62. The first-order valence-electron chi connectivity index (χ1n) is 11.7. The van der Waals surface area contributed by atoms with Crippen LogP contribution in [0.25, 0.3) is 16.9 Å². The second kappa shape index (κ2) is 7.69. The number of nitrogens with zero attached hydrogens (tertiary/aromatic N) is 5. The van der Waals surface area contributed by atoms with Gasteiger partial charge in [0.15, 0.2) is 17.5 Å². The fourth-order valence-corrected chi connectivity index (χ4v) is 5.31. The van der Waals surface area contributed by atoms with Gasteiger partial charge in [-0.15, -0.1) is 0 Å². The zero-order valence-electron chi connectivity index (χ0n) is 19.6. The summed E-state index contributed by atoms with van der Waals surface area (Å²) in [6.07, 6.45) is 4.81. The van der Waals surface area contributed by atoms with Crippen molar-refractivity contribution in [1.82, 2.24) is 24.1 Å². The van der Waals surface area contributed by atoms with Crippen molar-refractivity contribution in [2.24, 2.45) is 7.05 Å². The molecule has 1 fully saturated rings. The second-order valence-electron chi connectivity index (χ2n) is 9.53. The molecule has 1 aliphatic heterocycles. The smallest absolute Gasteiger partial charge is 0.273 e. The number of hydrogen-bond acceptors (Lipinski definition) is 3. The molecule has 1 aromatic carbocycles.